The molecule has 0 amide bonds. The van der Waals surface area contributed by atoms with E-state index in [-0.39, 0.29) is 30.6 Å². The van der Waals surface area contributed by atoms with Crippen molar-refractivity contribution in [2.24, 2.45) is 5.41 Å². The van der Waals surface area contributed by atoms with Crippen LogP contribution in [-0.4, -0.2) is 62.0 Å². The molecule has 1 aromatic carbocycles. The van der Waals surface area contributed by atoms with E-state index in [1.807, 2.05) is 0 Å². The Morgan fingerprint density at radius 1 is 1.00 bits per heavy atom. The molecule has 0 bridgehead atoms. The SMILES string of the molecule is CC(C)(C)C(=O)OCCC(C#CC(O)C(O)CO[Si](C)(C)C(C)(C)C)OC(=O)c1ccccc1. The van der Waals surface area contributed by atoms with E-state index in [1.165, 1.54) is 0 Å². The predicted octanol–water partition coefficient (Wildman–Crippen LogP) is 3.94. The van der Waals surface area contributed by atoms with Crippen molar-refractivity contribution >= 4 is 20.3 Å². The lowest BCUT2D eigenvalue weighted by atomic mass is 9.97. The highest BCUT2D eigenvalue weighted by molar-refractivity contribution is 6.74. The molecule has 0 aromatic heterocycles. The molecule has 8 heteroatoms. The summed E-state index contributed by atoms with van der Waals surface area (Å²) in [6, 6.07) is 8.44. The van der Waals surface area contributed by atoms with Gasteiger partial charge in [-0.3, -0.25) is 4.79 Å². The number of aliphatic hydroxyl groups excluding tert-OH is 2. The molecular weight excluding hydrogens is 452 g/mol. The van der Waals surface area contributed by atoms with Gasteiger partial charge < -0.3 is 24.1 Å². The molecule has 0 spiro atoms. The zero-order chi connectivity index (χ0) is 26.2. The Hall–Kier alpha value is -2.18. The number of hydrogen-bond acceptors (Lipinski definition) is 7. The van der Waals surface area contributed by atoms with Crippen LogP contribution in [0.1, 0.15) is 58.3 Å². The molecule has 1 rings (SSSR count). The molecule has 0 aliphatic heterocycles. The van der Waals surface area contributed by atoms with Crippen LogP contribution in [-0.2, 0) is 18.7 Å². The summed E-state index contributed by atoms with van der Waals surface area (Å²) in [6.07, 6.45) is -3.43. The third kappa shape index (κ3) is 9.98. The second-order valence-electron chi connectivity index (χ2n) is 10.8. The molecule has 2 N–H and O–H groups in total. The molecule has 3 unspecified atom stereocenters. The van der Waals surface area contributed by atoms with Crippen molar-refractivity contribution in [3.63, 3.8) is 0 Å². The Bertz CT molecular complexity index is 857. The molecule has 34 heavy (non-hydrogen) atoms. The zero-order valence-corrected chi connectivity index (χ0v) is 22.7. The summed E-state index contributed by atoms with van der Waals surface area (Å²) in [7, 11) is -2.10. The first-order valence-corrected chi connectivity index (χ1v) is 14.4. The van der Waals surface area contributed by atoms with Gasteiger partial charge in [0.15, 0.2) is 14.4 Å². The quantitative estimate of drug-likeness (QED) is 0.306. The standard InChI is InChI=1S/C26H40O7Si/c1-25(2,3)24(30)31-17-16-20(33-23(29)19-12-10-9-11-13-19)14-15-21(27)22(28)18-32-34(7,8)26(4,5)6/h9-13,20-22,27-28H,16-18H2,1-8H3. The van der Waals surface area contributed by atoms with Crippen LogP contribution in [0, 0.1) is 17.3 Å². The number of hydrogen-bond donors (Lipinski definition) is 2. The Kier molecular flexibility index (Phi) is 11.0. The monoisotopic (exact) mass is 492 g/mol. The van der Waals surface area contributed by atoms with E-state index in [1.54, 1.807) is 51.1 Å². The number of ether oxygens (including phenoxy) is 2. The Balaban J connectivity index is 2.85. The maximum Gasteiger partial charge on any atom is 0.339 e. The lowest BCUT2D eigenvalue weighted by Gasteiger charge is -2.36. The largest absolute Gasteiger partial charge is 0.465 e. The number of carbonyl (C=O) groups is 2. The highest BCUT2D eigenvalue weighted by Crippen LogP contribution is 2.36. The van der Waals surface area contributed by atoms with Crippen molar-refractivity contribution in [2.45, 2.75) is 84.4 Å². The second-order valence-corrected chi connectivity index (χ2v) is 15.6. The average molecular weight is 493 g/mol. The van der Waals surface area contributed by atoms with Gasteiger partial charge in [0, 0.05) is 6.42 Å². The van der Waals surface area contributed by atoms with Crippen LogP contribution in [0.2, 0.25) is 18.1 Å². The van der Waals surface area contributed by atoms with Gasteiger partial charge in [0.2, 0.25) is 0 Å². The summed E-state index contributed by atoms with van der Waals surface area (Å²) in [4.78, 5) is 24.5. The van der Waals surface area contributed by atoms with E-state index >= 15 is 0 Å². The first-order chi connectivity index (χ1) is 15.5. The van der Waals surface area contributed by atoms with Gasteiger partial charge in [0.25, 0.3) is 0 Å². The highest BCUT2D eigenvalue weighted by Gasteiger charge is 2.38. The average Bonchev–Trinajstić information content (AvgIpc) is 2.74. The normalized spacial score (nSPS) is 14.9. The summed E-state index contributed by atoms with van der Waals surface area (Å²) in [5.41, 5.74) is -0.309. The minimum Gasteiger partial charge on any atom is -0.465 e. The van der Waals surface area contributed by atoms with Crippen molar-refractivity contribution in [1.29, 1.82) is 0 Å². The molecule has 7 nitrogen and oxygen atoms in total. The fraction of sp³-hybridized carbons (Fsp3) is 0.615. The number of rotatable bonds is 9. The van der Waals surface area contributed by atoms with Gasteiger partial charge in [-0.15, -0.1) is 0 Å². The van der Waals surface area contributed by atoms with Gasteiger partial charge in [0.05, 0.1) is 24.2 Å². The zero-order valence-electron chi connectivity index (χ0n) is 21.7. The lowest BCUT2D eigenvalue weighted by Crippen LogP contribution is -2.44. The number of carbonyl (C=O) groups excluding carboxylic acids is 2. The van der Waals surface area contributed by atoms with E-state index in [9.17, 15) is 19.8 Å². The third-order valence-electron chi connectivity index (χ3n) is 5.66. The molecule has 0 aliphatic carbocycles. The summed E-state index contributed by atoms with van der Waals surface area (Å²) >= 11 is 0. The second kappa shape index (κ2) is 12.5. The van der Waals surface area contributed by atoms with Crippen LogP contribution in [0.25, 0.3) is 0 Å². The molecule has 3 atom stereocenters. The molecule has 0 aliphatic rings. The molecular formula is C26H40O7Si. The molecule has 190 valence electrons. The van der Waals surface area contributed by atoms with Gasteiger partial charge in [-0.05, 0) is 51.0 Å². The van der Waals surface area contributed by atoms with Crippen LogP contribution in [0.5, 0.6) is 0 Å². The maximum absolute atomic E-state index is 12.5. The number of esters is 2. The van der Waals surface area contributed by atoms with Crippen LogP contribution in [0.4, 0.5) is 0 Å². The molecule has 0 radical (unpaired) electrons. The molecule has 0 heterocycles. The van der Waals surface area contributed by atoms with Crippen LogP contribution >= 0.6 is 0 Å². The van der Waals surface area contributed by atoms with E-state index in [4.69, 9.17) is 13.9 Å². The van der Waals surface area contributed by atoms with Crippen molar-refractivity contribution in [3.8, 4) is 11.8 Å². The van der Waals surface area contributed by atoms with Gasteiger partial charge in [0.1, 0.15) is 12.2 Å². The summed E-state index contributed by atoms with van der Waals surface area (Å²) in [5, 5.41) is 20.6. The van der Waals surface area contributed by atoms with Gasteiger partial charge in [-0.25, -0.2) is 4.79 Å². The fourth-order valence-corrected chi connectivity index (χ4v) is 3.30. The minimum atomic E-state index is -2.10. The molecule has 0 saturated carbocycles. The summed E-state index contributed by atoms with van der Waals surface area (Å²) < 4.78 is 16.7. The van der Waals surface area contributed by atoms with Crippen LogP contribution in [0.15, 0.2) is 30.3 Å². The van der Waals surface area contributed by atoms with Gasteiger partial charge >= 0.3 is 11.9 Å². The smallest absolute Gasteiger partial charge is 0.339 e. The topological polar surface area (TPSA) is 102 Å². The Morgan fingerprint density at radius 2 is 1.59 bits per heavy atom. The van der Waals surface area contributed by atoms with Gasteiger partial charge in [-0.2, -0.15) is 0 Å². The van der Waals surface area contributed by atoms with Crippen molar-refractivity contribution in [1.82, 2.24) is 0 Å². The first-order valence-electron chi connectivity index (χ1n) is 11.5. The van der Waals surface area contributed by atoms with E-state index in [0.29, 0.717) is 5.56 Å². The maximum atomic E-state index is 12.5. The highest BCUT2D eigenvalue weighted by atomic mass is 28.4. The summed E-state index contributed by atoms with van der Waals surface area (Å²) in [5.74, 6) is 4.29. The van der Waals surface area contributed by atoms with Crippen molar-refractivity contribution < 1.29 is 33.7 Å². The lowest BCUT2D eigenvalue weighted by molar-refractivity contribution is -0.153. The molecule has 0 saturated heterocycles. The van der Waals surface area contributed by atoms with Crippen LogP contribution < -0.4 is 0 Å². The third-order valence-corrected chi connectivity index (χ3v) is 10.2. The van der Waals surface area contributed by atoms with Crippen molar-refractivity contribution in [3.05, 3.63) is 35.9 Å². The Labute approximate surface area is 204 Å². The molecule has 0 fully saturated rings. The van der Waals surface area contributed by atoms with Gasteiger partial charge in [-0.1, -0.05) is 50.8 Å². The minimum absolute atomic E-state index is 0.00927. The van der Waals surface area contributed by atoms with E-state index in [0.717, 1.165) is 0 Å². The number of benzene rings is 1. The summed E-state index contributed by atoms with van der Waals surface area (Å²) in [6.45, 7) is 15.5. The van der Waals surface area contributed by atoms with E-state index < -0.39 is 38.0 Å². The predicted molar refractivity (Wildman–Crippen MR) is 134 cm³/mol. The Morgan fingerprint density at radius 3 is 2.12 bits per heavy atom. The van der Waals surface area contributed by atoms with E-state index in [2.05, 4.69) is 45.7 Å². The number of aliphatic hydroxyl groups is 2. The van der Waals surface area contributed by atoms with Crippen molar-refractivity contribution in [2.75, 3.05) is 13.2 Å². The fourth-order valence-electron chi connectivity index (χ4n) is 2.28. The molecule has 1 aromatic rings. The van der Waals surface area contributed by atoms with Crippen LogP contribution in [0.3, 0.4) is 0 Å². The first kappa shape index (κ1) is 29.8.